The molecule has 6 heteroatoms. The average molecular weight is 1240 g/mol. The lowest BCUT2D eigenvalue weighted by Gasteiger charge is -2.45. The molecular formula is C90H57BN4S. The number of aromatic nitrogens is 2. The molecule has 0 bridgehead atoms. The van der Waals surface area contributed by atoms with Gasteiger partial charge in [-0.05, 0) is 146 Å². The van der Waals surface area contributed by atoms with E-state index in [1.165, 1.54) is 91.5 Å². The van der Waals surface area contributed by atoms with Gasteiger partial charge in [-0.3, -0.25) is 0 Å². The molecular weight excluding hydrogens is 1180 g/mol. The summed E-state index contributed by atoms with van der Waals surface area (Å²) in [4.78, 5) is 5.30. The van der Waals surface area contributed by atoms with Crippen LogP contribution in [0.2, 0.25) is 0 Å². The summed E-state index contributed by atoms with van der Waals surface area (Å²) in [6, 6.07) is 129. The van der Waals surface area contributed by atoms with Crippen molar-refractivity contribution in [1.29, 1.82) is 0 Å². The maximum Gasteiger partial charge on any atom is 0.252 e. The number of nitrogens with zero attached hydrogens (tertiary/aromatic N) is 4. The number of anilines is 6. The van der Waals surface area contributed by atoms with E-state index in [1.807, 2.05) is 11.3 Å². The second-order valence-corrected chi connectivity index (χ2v) is 26.6. The fourth-order valence-corrected chi connectivity index (χ4v) is 17.1. The summed E-state index contributed by atoms with van der Waals surface area (Å²) >= 11 is 1.90. The van der Waals surface area contributed by atoms with E-state index in [0.717, 1.165) is 89.8 Å². The van der Waals surface area contributed by atoms with Crippen molar-refractivity contribution >= 4 is 132 Å². The van der Waals surface area contributed by atoms with Crippen LogP contribution in [0.3, 0.4) is 0 Å². The summed E-state index contributed by atoms with van der Waals surface area (Å²) in [5, 5.41) is 7.35. The van der Waals surface area contributed by atoms with Crippen molar-refractivity contribution in [1.82, 2.24) is 9.13 Å². The van der Waals surface area contributed by atoms with Gasteiger partial charge in [0.25, 0.3) is 6.71 Å². The van der Waals surface area contributed by atoms with Crippen LogP contribution in [0.5, 0.6) is 0 Å². The molecule has 0 fully saturated rings. The quantitative estimate of drug-likeness (QED) is 0.134. The lowest BCUT2D eigenvalue weighted by Crippen LogP contribution is -2.61. The van der Waals surface area contributed by atoms with E-state index >= 15 is 0 Å². The Morgan fingerprint density at radius 1 is 0.219 bits per heavy atom. The fraction of sp³-hybridized carbons (Fsp3) is 0. The third-order valence-electron chi connectivity index (χ3n) is 20.3. The van der Waals surface area contributed by atoms with Gasteiger partial charge in [-0.1, -0.05) is 261 Å². The Balaban J connectivity index is 0.930. The first-order valence-electron chi connectivity index (χ1n) is 33.1. The third kappa shape index (κ3) is 8.42. The highest BCUT2D eigenvalue weighted by atomic mass is 32.1. The molecule has 96 heavy (non-hydrogen) atoms. The highest BCUT2D eigenvalue weighted by Gasteiger charge is 2.45. The van der Waals surface area contributed by atoms with E-state index in [9.17, 15) is 0 Å². The Bertz CT molecular complexity index is 6080. The molecule has 0 radical (unpaired) electrons. The number of para-hydroxylation sites is 5. The van der Waals surface area contributed by atoms with E-state index in [-0.39, 0.29) is 6.71 Å². The summed E-state index contributed by atoms with van der Waals surface area (Å²) < 4.78 is 7.60. The predicted octanol–water partition coefficient (Wildman–Crippen LogP) is 22.7. The Morgan fingerprint density at radius 3 is 1.18 bits per heavy atom. The van der Waals surface area contributed by atoms with Crippen LogP contribution in [-0.4, -0.2) is 15.8 Å². The molecule has 0 N–H and O–H groups in total. The predicted molar refractivity (Wildman–Crippen MR) is 409 cm³/mol. The van der Waals surface area contributed by atoms with Crippen LogP contribution in [0.4, 0.5) is 34.1 Å². The standard InChI is InChI=1S/C90H57BN4S/c1-4-23-58(24-5-1)61-43-47-63(48-44-61)68-31-10-16-37-78(68)94-84-54-74-72-35-14-20-41-82(72)92(66-30-22-29-65(51-66)60-27-8-3-9-28-60)83(74)56-76(84)91-77-57-89-75(73-36-15-21-42-88(73)96-89)55-85(77)95(79-38-17-11-32-69(79)64-49-45-62(46-50-64)59-25-6-2-7-26-59)87-53-67(52-86(94)90(87)91)93-80-39-18-12-33-70(80)71-34-13-19-40-81(71)93/h1-57H. The van der Waals surface area contributed by atoms with Crippen molar-refractivity contribution in [3.05, 3.63) is 346 Å². The van der Waals surface area contributed by atoms with E-state index in [4.69, 9.17) is 0 Å². The SMILES string of the molecule is c1ccc(-c2ccc(-c3ccccc3N3c4cc5c(cc4B4c6cc7c(cc6N(c6ccccc6-c6ccc(-c8ccccc8)cc6)c6cc(-n8c9ccccc9c9ccccc98)cc3c64)c3ccccc3n7-c3cccc(-c4ccccc4)c3)sc3ccccc35)cc2)cc1. The molecule has 20 rings (SSSR count). The number of hydrogen-bond donors (Lipinski definition) is 0. The number of fused-ring (bicyclic) bond motifs is 13. The summed E-state index contributed by atoms with van der Waals surface area (Å²) in [6.45, 7) is -0.226. The first-order valence-corrected chi connectivity index (χ1v) is 33.9. The minimum Gasteiger partial charge on any atom is -0.311 e. The molecule has 0 aliphatic carbocycles. The maximum atomic E-state index is 2.65. The minimum atomic E-state index is -0.226. The minimum absolute atomic E-state index is 0.226. The van der Waals surface area contributed by atoms with Gasteiger partial charge >= 0.3 is 0 Å². The molecule has 15 aromatic carbocycles. The molecule has 446 valence electrons. The number of hydrogen-bond acceptors (Lipinski definition) is 3. The smallest absolute Gasteiger partial charge is 0.252 e. The van der Waals surface area contributed by atoms with Gasteiger partial charge in [0.05, 0.1) is 39.1 Å². The second-order valence-electron chi connectivity index (χ2n) is 25.5. The van der Waals surface area contributed by atoms with E-state index in [0.29, 0.717) is 0 Å². The van der Waals surface area contributed by atoms with Crippen LogP contribution >= 0.6 is 11.3 Å². The largest absolute Gasteiger partial charge is 0.311 e. The van der Waals surface area contributed by atoms with Crippen molar-refractivity contribution < 1.29 is 0 Å². The van der Waals surface area contributed by atoms with Crippen LogP contribution in [0, 0.1) is 0 Å². The molecule has 0 spiro atoms. The summed E-state index contributed by atoms with van der Waals surface area (Å²) in [6.07, 6.45) is 0. The topological polar surface area (TPSA) is 16.3 Å². The molecule has 0 unspecified atom stereocenters. The Labute approximate surface area is 560 Å². The molecule has 2 aliphatic heterocycles. The fourth-order valence-electron chi connectivity index (χ4n) is 16.0. The van der Waals surface area contributed by atoms with Crippen molar-refractivity contribution in [2.24, 2.45) is 0 Å². The van der Waals surface area contributed by atoms with Crippen molar-refractivity contribution in [3.8, 4) is 67.0 Å². The first kappa shape index (κ1) is 54.4. The number of benzene rings is 15. The normalized spacial score (nSPS) is 12.5. The zero-order chi connectivity index (χ0) is 63.0. The Kier molecular flexibility index (Phi) is 12.3. The van der Waals surface area contributed by atoms with Gasteiger partial charge in [-0.2, -0.15) is 0 Å². The van der Waals surface area contributed by atoms with Crippen LogP contribution in [0.25, 0.3) is 131 Å². The third-order valence-corrected chi connectivity index (χ3v) is 21.4. The summed E-state index contributed by atoms with van der Waals surface area (Å²) in [5.74, 6) is 0. The molecule has 0 saturated carbocycles. The number of thiophene rings is 1. The maximum absolute atomic E-state index is 2.65. The highest BCUT2D eigenvalue weighted by molar-refractivity contribution is 7.26. The van der Waals surface area contributed by atoms with Crippen molar-refractivity contribution in [3.63, 3.8) is 0 Å². The zero-order valence-electron chi connectivity index (χ0n) is 52.2. The van der Waals surface area contributed by atoms with E-state index < -0.39 is 0 Å². The van der Waals surface area contributed by atoms with Crippen molar-refractivity contribution in [2.45, 2.75) is 0 Å². The zero-order valence-corrected chi connectivity index (χ0v) is 53.0. The Hall–Kier alpha value is -12.2. The molecule has 5 heterocycles. The van der Waals surface area contributed by atoms with Gasteiger partial charge in [0.15, 0.2) is 0 Å². The van der Waals surface area contributed by atoms with Gasteiger partial charge in [0.1, 0.15) is 0 Å². The second kappa shape index (κ2) is 21.7. The molecule has 18 aromatic rings. The average Bonchev–Trinajstić information content (AvgIpc) is 1.13. The first-order chi connectivity index (χ1) is 47.6. The summed E-state index contributed by atoms with van der Waals surface area (Å²) in [5.41, 5.74) is 29.1. The highest BCUT2D eigenvalue weighted by Crippen LogP contribution is 2.52. The van der Waals surface area contributed by atoms with Crippen LogP contribution in [0.1, 0.15) is 0 Å². The lowest BCUT2D eigenvalue weighted by atomic mass is 9.33. The molecule has 2 aliphatic rings. The van der Waals surface area contributed by atoms with E-state index in [1.54, 1.807) is 0 Å². The number of rotatable bonds is 9. The van der Waals surface area contributed by atoms with Crippen LogP contribution in [-0.2, 0) is 0 Å². The molecule has 0 saturated heterocycles. The molecule has 0 amide bonds. The van der Waals surface area contributed by atoms with Crippen LogP contribution < -0.4 is 26.2 Å². The summed E-state index contributed by atoms with van der Waals surface area (Å²) in [7, 11) is 0. The van der Waals surface area contributed by atoms with Crippen LogP contribution in [0.15, 0.2) is 346 Å². The van der Waals surface area contributed by atoms with Gasteiger partial charge in [0.2, 0.25) is 0 Å². The van der Waals surface area contributed by atoms with Crippen molar-refractivity contribution in [2.75, 3.05) is 9.80 Å². The molecule has 0 atom stereocenters. The molecule has 4 nitrogen and oxygen atoms in total. The van der Waals surface area contributed by atoms with Gasteiger partial charge < -0.3 is 18.9 Å². The van der Waals surface area contributed by atoms with Gasteiger partial charge in [-0.15, -0.1) is 11.3 Å². The van der Waals surface area contributed by atoms with Gasteiger partial charge in [0, 0.05) is 81.3 Å². The van der Waals surface area contributed by atoms with E-state index in [2.05, 4.69) is 365 Å². The lowest BCUT2D eigenvalue weighted by molar-refractivity contribution is 1.16. The Morgan fingerprint density at radius 2 is 0.625 bits per heavy atom. The monoisotopic (exact) mass is 1240 g/mol. The van der Waals surface area contributed by atoms with Gasteiger partial charge in [-0.25, -0.2) is 0 Å². The molecule has 3 aromatic heterocycles.